The van der Waals surface area contributed by atoms with Gasteiger partial charge in [0.1, 0.15) is 4.21 Å². The van der Waals surface area contributed by atoms with Gasteiger partial charge in [0.15, 0.2) is 0 Å². The molecule has 0 saturated carbocycles. The summed E-state index contributed by atoms with van der Waals surface area (Å²) < 4.78 is 27.4. The van der Waals surface area contributed by atoms with E-state index < -0.39 is 10.0 Å². The van der Waals surface area contributed by atoms with Gasteiger partial charge < -0.3 is 4.90 Å². The number of rotatable bonds is 5. The molecule has 1 aliphatic heterocycles. The zero-order chi connectivity index (χ0) is 14.6. The molecule has 112 valence electrons. The Morgan fingerprint density at radius 3 is 2.90 bits per heavy atom. The molecule has 1 aromatic heterocycles. The molecule has 2 heterocycles. The van der Waals surface area contributed by atoms with Gasteiger partial charge in [-0.1, -0.05) is 13.0 Å². The number of carbonyl (C=O) groups excluding carboxylic acids is 1. The molecule has 1 amide bonds. The Morgan fingerprint density at radius 2 is 2.25 bits per heavy atom. The predicted molar refractivity (Wildman–Crippen MR) is 79.2 cm³/mol. The van der Waals surface area contributed by atoms with Gasteiger partial charge in [-0.25, -0.2) is 13.1 Å². The van der Waals surface area contributed by atoms with Crippen molar-refractivity contribution in [3.63, 3.8) is 0 Å². The summed E-state index contributed by atoms with van der Waals surface area (Å²) in [5, 5.41) is 1.74. The Hall–Kier alpha value is -0.920. The minimum Gasteiger partial charge on any atom is -0.343 e. The van der Waals surface area contributed by atoms with E-state index in [1.165, 1.54) is 11.3 Å². The van der Waals surface area contributed by atoms with Gasteiger partial charge in [0.2, 0.25) is 15.9 Å². The lowest BCUT2D eigenvalue weighted by molar-refractivity contribution is -0.130. The maximum atomic E-state index is 12.2. The number of nitrogens with one attached hydrogen (secondary N) is 1. The monoisotopic (exact) mass is 316 g/mol. The number of hydrogen-bond donors (Lipinski definition) is 1. The molecule has 20 heavy (non-hydrogen) atoms. The van der Waals surface area contributed by atoms with Crippen LogP contribution in [0.4, 0.5) is 0 Å². The standard InChI is InChI=1S/C13H20N2O3S2/c1-2-8-15-9-7-11(5-6-12(15)16)14-20(17,18)13-4-3-10-19-13/h3-4,10-11,14H,2,5-9H2,1H3. The minimum absolute atomic E-state index is 0.129. The van der Waals surface area contributed by atoms with Gasteiger partial charge in [-0.15, -0.1) is 11.3 Å². The van der Waals surface area contributed by atoms with Gasteiger partial charge in [0, 0.05) is 25.6 Å². The lowest BCUT2D eigenvalue weighted by Crippen LogP contribution is -2.35. The highest BCUT2D eigenvalue weighted by Crippen LogP contribution is 2.19. The van der Waals surface area contributed by atoms with Gasteiger partial charge in [-0.05, 0) is 30.7 Å². The van der Waals surface area contributed by atoms with E-state index in [9.17, 15) is 13.2 Å². The van der Waals surface area contributed by atoms with Crippen LogP contribution in [-0.2, 0) is 14.8 Å². The molecular formula is C13H20N2O3S2. The average molecular weight is 316 g/mol. The van der Waals surface area contributed by atoms with Crippen molar-refractivity contribution >= 4 is 27.3 Å². The molecule has 2 rings (SSSR count). The van der Waals surface area contributed by atoms with E-state index in [4.69, 9.17) is 0 Å². The highest BCUT2D eigenvalue weighted by molar-refractivity contribution is 7.91. The Bertz CT molecular complexity index is 540. The van der Waals surface area contributed by atoms with Crippen LogP contribution in [0.25, 0.3) is 0 Å². The van der Waals surface area contributed by atoms with Crippen LogP contribution in [0, 0.1) is 0 Å². The summed E-state index contributed by atoms with van der Waals surface area (Å²) >= 11 is 1.21. The highest BCUT2D eigenvalue weighted by atomic mass is 32.2. The molecule has 0 aliphatic carbocycles. The molecule has 0 aromatic carbocycles. The molecule has 7 heteroatoms. The fraction of sp³-hybridized carbons (Fsp3) is 0.615. The smallest absolute Gasteiger partial charge is 0.250 e. The van der Waals surface area contributed by atoms with Crippen LogP contribution in [-0.4, -0.2) is 38.4 Å². The van der Waals surface area contributed by atoms with Crippen molar-refractivity contribution in [3.8, 4) is 0 Å². The lowest BCUT2D eigenvalue weighted by Gasteiger charge is -2.20. The van der Waals surface area contributed by atoms with E-state index in [2.05, 4.69) is 4.72 Å². The Kier molecular flexibility index (Phi) is 5.17. The fourth-order valence-electron chi connectivity index (χ4n) is 2.35. The second kappa shape index (κ2) is 6.69. The van der Waals surface area contributed by atoms with Crippen molar-refractivity contribution in [2.75, 3.05) is 13.1 Å². The average Bonchev–Trinajstić information content (AvgIpc) is 2.89. The lowest BCUT2D eigenvalue weighted by atomic mass is 10.1. The van der Waals surface area contributed by atoms with Crippen molar-refractivity contribution in [2.45, 2.75) is 42.9 Å². The van der Waals surface area contributed by atoms with Gasteiger partial charge in [0.05, 0.1) is 0 Å². The van der Waals surface area contributed by atoms with Crippen LogP contribution < -0.4 is 4.72 Å². The Labute approximate surface area is 124 Å². The van der Waals surface area contributed by atoms with Crippen molar-refractivity contribution in [3.05, 3.63) is 17.5 Å². The summed E-state index contributed by atoms with van der Waals surface area (Å²) in [7, 11) is -3.44. The van der Waals surface area contributed by atoms with E-state index in [0.717, 1.165) is 13.0 Å². The molecule has 0 spiro atoms. The van der Waals surface area contributed by atoms with Gasteiger partial charge in [-0.3, -0.25) is 4.79 Å². The first-order chi connectivity index (χ1) is 9.53. The summed E-state index contributed by atoms with van der Waals surface area (Å²) in [6, 6.07) is 3.16. The molecule has 1 atom stereocenters. The number of sulfonamides is 1. The fourth-order valence-corrected chi connectivity index (χ4v) is 4.67. The third-order valence-electron chi connectivity index (χ3n) is 3.38. The number of likely N-dealkylation sites (tertiary alicyclic amines) is 1. The van der Waals surface area contributed by atoms with Gasteiger partial charge >= 0.3 is 0 Å². The van der Waals surface area contributed by atoms with E-state index in [1.54, 1.807) is 17.5 Å². The van der Waals surface area contributed by atoms with Crippen molar-refractivity contribution < 1.29 is 13.2 Å². The molecule has 0 radical (unpaired) electrons. The Balaban J connectivity index is 1.99. The summed E-state index contributed by atoms with van der Waals surface area (Å²) in [4.78, 5) is 13.7. The van der Waals surface area contributed by atoms with E-state index >= 15 is 0 Å². The number of hydrogen-bond acceptors (Lipinski definition) is 4. The molecule has 5 nitrogen and oxygen atoms in total. The van der Waals surface area contributed by atoms with E-state index in [0.29, 0.717) is 30.0 Å². The molecule has 1 saturated heterocycles. The third-order valence-corrected chi connectivity index (χ3v) is 6.30. The third kappa shape index (κ3) is 3.80. The zero-order valence-corrected chi connectivity index (χ0v) is 13.2. The second-order valence-corrected chi connectivity index (χ2v) is 7.85. The molecule has 1 N–H and O–H groups in total. The molecular weight excluding hydrogens is 296 g/mol. The van der Waals surface area contributed by atoms with Crippen LogP contribution in [0.3, 0.4) is 0 Å². The number of carbonyl (C=O) groups is 1. The largest absolute Gasteiger partial charge is 0.343 e. The van der Waals surface area contributed by atoms with Crippen LogP contribution >= 0.6 is 11.3 Å². The topological polar surface area (TPSA) is 66.5 Å². The molecule has 1 fully saturated rings. The normalized spacial score (nSPS) is 20.9. The zero-order valence-electron chi connectivity index (χ0n) is 11.5. The Morgan fingerprint density at radius 1 is 1.45 bits per heavy atom. The SMILES string of the molecule is CCCN1CCC(NS(=O)(=O)c2cccs2)CCC1=O. The first-order valence-electron chi connectivity index (χ1n) is 6.86. The molecule has 1 aromatic rings. The first-order valence-corrected chi connectivity index (χ1v) is 9.23. The predicted octanol–water partition coefficient (Wildman–Crippen LogP) is 1.82. The second-order valence-electron chi connectivity index (χ2n) is 4.96. The molecule has 1 unspecified atom stereocenters. The minimum atomic E-state index is -3.44. The van der Waals surface area contributed by atoms with Crippen molar-refractivity contribution in [1.82, 2.24) is 9.62 Å². The van der Waals surface area contributed by atoms with Crippen LogP contribution in [0.15, 0.2) is 21.7 Å². The van der Waals surface area contributed by atoms with E-state index in [-0.39, 0.29) is 11.9 Å². The number of amides is 1. The van der Waals surface area contributed by atoms with Gasteiger partial charge in [0.25, 0.3) is 0 Å². The first kappa shape index (κ1) is 15.5. The number of nitrogens with zero attached hydrogens (tertiary/aromatic N) is 1. The molecule has 0 bridgehead atoms. The molecule has 1 aliphatic rings. The maximum absolute atomic E-state index is 12.2. The van der Waals surface area contributed by atoms with Crippen molar-refractivity contribution in [1.29, 1.82) is 0 Å². The van der Waals surface area contributed by atoms with Crippen LogP contribution in [0.5, 0.6) is 0 Å². The highest BCUT2D eigenvalue weighted by Gasteiger charge is 2.26. The summed E-state index contributed by atoms with van der Waals surface area (Å²) in [6.07, 6.45) is 2.59. The van der Waals surface area contributed by atoms with Gasteiger partial charge in [-0.2, -0.15) is 0 Å². The van der Waals surface area contributed by atoms with Crippen LogP contribution in [0.2, 0.25) is 0 Å². The van der Waals surface area contributed by atoms with Crippen LogP contribution in [0.1, 0.15) is 32.6 Å². The summed E-state index contributed by atoms with van der Waals surface area (Å²) in [5.74, 6) is 0.129. The van der Waals surface area contributed by atoms with E-state index in [1.807, 2.05) is 11.8 Å². The van der Waals surface area contributed by atoms with Crippen molar-refractivity contribution in [2.24, 2.45) is 0 Å². The quantitative estimate of drug-likeness (QED) is 0.901. The number of thiophene rings is 1. The summed E-state index contributed by atoms with van der Waals surface area (Å²) in [5.41, 5.74) is 0. The maximum Gasteiger partial charge on any atom is 0.250 e. The summed E-state index contributed by atoms with van der Waals surface area (Å²) in [6.45, 7) is 3.42.